The van der Waals surface area contributed by atoms with Crippen LogP contribution in [0, 0.1) is 0 Å². The highest BCUT2D eigenvalue weighted by Crippen LogP contribution is 2.28. The van der Waals surface area contributed by atoms with Crippen molar-refractivity contribution in [1.82, 2.24) is 24.9 Å². The number of H-pyrrole nitrogens is 4. The van der Waals surface area contributed by atoms with Crippen LogP contribution in [0.1, 0.15) is 0 Å². The van der Waals surface area contributed by atoms with E-state index in [1.54, 1.807) is 30.3 Å². The third kappa shape index (κ3) is 1.99. The Morgan fingerprint density at radius 3 is 1.67 bits per heavy atom. The molecule has 3 heterocycles. The summed E-state index contributed by atoms with van der Waals surface area (Å²) in [7, 11) is 0. The Kier molecular flexibility index (Phi) is 2.82. The van der Waals surface area contributed by atoms with Crippen LogP contribution >= 0.6 is 0 Å². The highest BCUT2D eigenvalue weighted by molar-refractivity contribution is 6.06. The molecule has 0 unspecified atom stereocenters. The standard InChI is InChI=1S/C15H9N5O4/c21-12-8-7(6-4-2-1-3-5-6)9-11(18-15(24)20-13(9)22)16-10(8)17-14(23)19-12/h1-5H,(H4,16,17,18,19,20,21,22,23,24). The van der Waals surface area contributed by atoms with Gasteiger partial charge in [0.15, 0.2) is 0 Å². The second kappa shape index (κ2) is 4.88. The normalized spacial score (nSPS) is 11.2. The van der Waals surface area contributed by atoms with Crippen molar-refractivity contribution in [2.75, 3.05) is 0 Å². The van der Waals surface area contributed by atoms with E-state index in [4.69, 9.17) is 0 Å². The van der Waals surface area contributed by atoms with Crippen molar-refractivity contribution < 1.29 is 0 Å². The number of pyridine rings is 1. The van der Waals surface area contributed by atoms with Crippen LogP contribution in [0.4, 0.5) is 0 Å². The van der Waals surface area contributed by atoms with Gasteiger partial charge in [-0.3, -0.25) is 29.5 Å². The quantitative estimate of drug-likeness (QED) is 0.359. The van der Waals surface area contributed by atoms with Gasteiger partial charge >= 0.3 is 11.4 Å². The Bertz CT molecular complexity index is 1250. The second-order valence-electron chi connectivity index (χ2n) is 5.12. The van der Waals surface area contributed by atoms with Crippen LogP contribution in [0.2, 0.25) is 0 Å². The second-order valence-corrected chi connectivity index (χ2v) is 5.12. The van der Waals surface area contributed by atoms with E-state index < -0.39 is 22.5 Å². The maximum atomic E-state index is 12.3. The van der Waals surface area contributed by atoms with Crippen LogP contribution in [0.25, 0.3) is 33.2 Å². The monoisotopic (exact) mass is 323 g/mol. The fourth-order valence-corrected chi connectivity index (χ4v) is 2.71. The van der Waals surface area contributed by atoms with Gasteiger partial charge in [0.25, 0.3) is 11.1 Å². The number of nitrogens with zero attached hydrogens (tertiary/aromatic N) is 1. The first-order valence-corrected chi connectivity index (χ1v) is 6.92. The number of hydrogen-bond donors (Lipinski definition) is 4. The summed E-state index contributed by atoms with van der Waals surface area (Å²) in [6, 6.07) is 8.69. The largest absolute Gasteiger partial charge is 0.327 e. The van der Waals surface area contributed by atoms with E-state index in [9.17, 15) is 19.2 Å². The lowest BCUT2D eigenvalue weighted by Crippen LogP contribution is -2.26. The van der Waals surface area contributed by atoms with Crippen LogP contribution in [-0.2, 0) is 0 Å². The first-order chi connectivity index (χ1) is 11.5. The van der Waals surface area contributed by atoms with Crippen LogP contribution < -0.4 is 22.5 Å². The van der Waals surface area contributed by atoms with E-state index in [2.05, 4.69) is 24.9 Å². The molecule has 0 fully saturated rings. The third-order valence-corrected chi connectivity index (χ3v) is 3.63. The molecule has 4 rings (SSSR count). The zero-order chi connectivity index (χ0) is 16.8. The summed E-state index contributed by atoms with van der Waals surface area (Å²) in [6.07, 6.45) is 0. The lowest BCUT2D eigenvalue weighted by atomic mass is 10.00. The molecule has 0 saturated heterocycles. The first kappa shape index (κ1) is 13.9. The molecule has 24 heavy (non-hydrogen) atoms. The fourth-order valence-electron chi connectivity index (χ4n) is 2.71. The van der Waals surface area contributed by atoms with E-state index in [0.717, 1.165) is 0 Å². The molecule has 0 spiro atoms. The molecule has 0 atom stereocenters. The Balaban J connectivity index is 2.40. The molecule has 0 radical (unpaired) electrons. The number of nitrogens with one attached hydrogen (secondary N) is 4. The van der Waals surface area contributed by atoms with Crippen molar-refractivity contribution >= 4 is 22.1 Å². The summed E-state index contributed by atoms with van der Waals surface area (Å²) in [4.78, 5) is 60.8. The number of aromatic nitrogens is 5. The summed E-state index contributed by atoms with van der Waals surface area (Å²) >= 11 is 0. The Morgan fingerprint density at radius 2 is 1.17 bits per heavy atom. The molecule has 0 aliphatic rings. The smallest absolute Gasteiger partial charge is 0.291 e. The molecule has 0 amide bonds. The molecule has 0 aliphatic carbocycles. The zero-order valence-corrected chi connectivity index (χ0v) is 12.0. The van der Waals surface area contributed by atoms with Gasteiger partial charge in [0.05, 0.1) is 10.8 Å². The summed E-state index contributed by atoms with van der Waals surface area (Å²) in [6.45, 7) is 0. The molecule has 3 aromatic heterocycles. The minimum atomic E-state index is -0.731. The van der Waals surface area contributed by atoms with E-state index in [0.29, 0.717) is 5.56 Å². The SMILES string of the molecule is O=c1[nH]c(=O)c2c(-c3ccccc3)c3c(=O)[nH]c(=O)[nH]c3nc2[nH]1. The number of rotatable bonds is 1. The van der Waals surface area contributed by atoms with Crippen molar-refractivity contribution in [1.29, 1.82) is 0 Å². The van der Waals surface area contributed by atoms with Gasteiger partial charge in [0, 0.05) is 5.56 Å². The molecule has 9 heteroatoms. The molecule has 9 nitrogen and oxygen atoms in total. The summed E-state index contributed by atoms with van der Waals surface area (Å²) in [5, 5.41) is 0.122. The number of aromatic amines is 4. The predicted molar refractivity (Wildman–Crippen MR) is 87.2 cm³/mol. The minimum Gasteiger partial charge on any atom is -0.291 e. The first-order valence-electron chi connectivity index (χ1n) is 6.92. The molecule has 0 bridgehead atoms. The fraction of sp³-hybridized carbons (Fsp3) is 0. The maximum absolute atomic E-state index is 12.3. The van der Waals surface area contributed by atoms with Crippen LogP contribution in [0.5, 0.6) is 0 Å². The van der Waals surface area contributed by atoms with Gasteiger partial charge in [-0.25, -0.2) is 14.6 Å². The van der Waals surface area contributed by atoms with Gasteiger partial charge in [0.1, 0.15) is 11.3 Å². The number of fused-ring (bicyclic) bond motifs is 2. The number of benzene rings is 1. The molecular weight excluding hydrogens is 314 g/mol. The van der Waals surface area contributed by atoms with Crippen molar-refractivity contribution in [2.24, 2.45) is 0 Å². The summed E-state index contributed by atoms with van der Waals surface area (Å²) < 4.78 is 0. The highest BCUT2D eigenvalue weighted by Gasteiger charge is 2.18. The van der Waals surface area contributed by atoms with Gasteiger partial charge in [-0.2, -0.15) is 0 Å². The molecular formula is C15H9N5O4. The molecule has 0 saturated carbocycles. The Hall–Kier alpha value is -3.75. The van der Waals surface area contributed by atoms with Crippen molar-refractivity contribution in [3.8, 4) is 11.1 Å². The van der Waals surface area contributed by atoms with Gasteiger partial charge in [-0.1, -0.05) is 30.3 Å². The molecule has 0 aliphatic heterocycles. The average Bonchev–Trinajstić information content (AvgIpc) is 2.53. The van der Waals surface area contributed by atoms with E-state index in [1.165, 1.54) is 0 Å². The van der Waals surface area contributed by atoms with Gasteiger partial charge in [0.2, 0.25) is 0 Å². The maximum Gasteiger partial charge on any atom is 0.327 e. The topological polar surface area (TPSA) is 144 Å². The van der Waals surface area contributed by atoms with E-state index in [1.807, 2.05) is 0 Å². The molecule has 4 N–H and O–H groups in total. The Labute approximate surface area is 131 Å². The van der Waals surface area contributed by atoms with Crippen molar-refractivity contribution in [2.45, 2.75) is 0 Å². The van der Waals surface area contributed by atoms with E-state index >= 15 is 0 Å². The van der Waals surface area contributed by atoms with Crippen LogP contribution in [0.3, 0.4) is 0 Å². The lowest BCUT2D eigenvalue weighted by molar-refractivity contribution is 1.04. The van der Waals surface area contributed by atoms with E-state index in [-0.39, 0.29) is 27.6 Å². The third-order valence-electron chi connectivity index (χ3n) is 3.63. The van der Waals surface area contributed by atoms with Crippen LogP contribution in [-0.4, -0.2) is 24.9 Å². The summed E-state index contributed by atoms with van der Waals surface area (Å²) in [5.41, 5.74) is -1.99. The Morgan fingerprint density at radius 1 is 0.667 bits per heavy atom. The zero-order valence-electron chi connectivity index (χ0n) is 12.0. The minimum absolute atomic E-state index is 0.0173. The summed E-state index contributed by atoms with van der Waals surface area (Å²) in [5.74, 6) is 0. The van der Waals surface area contributed by atoms with Gasteiger partial charge in [-0.15, -0.1) is 0 Å². The van der Waals surface area contributed by atoms with Crippen molar-refractivity contribution in [3.05, 3.63) is 72.0 Å². The molecule has 1 aromatic carbocycles. The molecule has 4 aromatic rings. The predicted octanol–water partition coefficient (Wildman–Crippen LogP) is -0.192. The molecule has 118 valence electrons. The van der Waals surface area contributed by atoms with Crippen LogP contribution in [0.15, 0.2) is 49.5 Å². The number of hydrogen-bond acceptors (Lipinski definition) is 5. The van der Waals surface area contributed by atoms with Gasteiger partial charge in [-0.05, 0) is 5.56 Å². The lowest BCUT2D eigenvalue weighted by Gasteiger charge is -2.08. The average molecular weight is 323 g/mol. The van der Waals surface area contributed by atoms with Crippen molar-refractivity contribution in [3.63, 3.8) is 0 Å². The van der Waals surface area contributed by atoms with Gasteiger partial charge < -0.3 is 0 Å². The highest BCUT2D eigenvalue weighted by atomic mass is 16.2.